The summed E-state index contributed by atoms with van der Waals surface area (Å²) >= 11 is 0.423. The van der Waals surface area contributed by atoms with Crippen LogP contribution in [-0.4, -0.2) is 16.1 Å². The van der Waals surface area contributed by atoms with E-state index in [1.54, 1.807) is 37.3 Å². The Balaban J connectivity index is 2.07. The van der Waals surface area contributed by atoms with E-state index in [1.807, 2.05) is 0 Å². The van der Waals surface area contributed by atoms with Gasteiger partial charge in [0.15, 0.2) is 0 Å². The second-order valence-electron chi connectivity index (χ2n) is 4.00. The molecule has 0 aliphatic carbocycles. The van der Waals surface area contributed by atoms with Crippen molar-refractivity contribution in [3.8, 4) is 0 Å². The molecule has 0 bridgehead atoms. The summed E-state index contributed by atoms with van der Waals surface area (Å²) in [5.74, 6) is -0.373. The highest BCUT2D eigenvalue weighted by atomic mass is 32.1. The topological polar surface area (TPSA) is 54.9 Å². The fourth-order valence-electron chi connectivity index (χ4n) is 1.46. The summed E-state index contributed by atoms with van der Waals surface area (Å²) in [6.45, 7) is 1.56. The Labute approximate surface area is 116 Å². The van der Waals surface area contributed by atoms with E-state index in [9.17, 15) is 18.0 Å². The molecule has 0 saturated carbocycles. The zero-order chi connectivity index (χ0) is 14.8. The number of benzene rings is 1. The predicted octanol–water partition coefficient (Wildman–Crippen LogP) is 3.05. The highest BCUT2D eigenvalue weighted by molar-refractivity contribution is 7.11. The van der Waals surface area contributed by atoms with Crippen LogP contribution in [0.3, 0.4) is 0 Å². The largest absolute Gasteiger partial charge is 0.445 e. The normalized spacial score (nSPS) is 13.0. The van der Waals surface area contributed by atoms with Crippen molar-refractivity contribution < 1.29 is 18.0 Å². The van der Waals surface area contributed by atoms with Crippen molar-refractivity contribution in [2.75, 3.05) is 0 Å². The number of aromatic nitrogens is 2. The van der Waals surface area contributed by atoms with Gasteiger partial charge in [-0.3, -0.25) is 4.79 Å². The van der Waals surface area contributed by atoms with Gasteiger partial charge in [0.1, 0.15) is 5.01 Å². The van der Waals surface area contributed by atoms with Crippen LogP contribution >= 0.6 is 11.3 Å². The molecule has 20 heavy (non-hydrogen) atoms. The molecule has 1 aromatic heterocycles. The van der Waals surface area contributed by atoms with E-state index in [0.717, 1.165) is 0 Å². The smallest absolute Gasteiger partial charge is 0.343 e. The van der Waals surface area contributed by atoms with E-state index in [1.165, 1.54) is 0 Å². The third kappa shape index (κ3) is 3.32. The van der Waals surface area contributed by atoms with Crippen molar-refractivity contribution in [1.82, 2.24) is 15.5 Å². The molecule has 0 radical (unpaired) electrons. The molecule has 0 saturated heterocycles. The van der Waals surface area contributed by atoms with Gasteiger partial charge in [0, 0.05) is 5.56 Å². The minimum absolute atomic E-state index is 0.113. The molecule has 1 atom stereocenters. The number of carbonyl (C=O) groups excluding carboxylic acids is 1. The van der Waals surface area contributed by atoms with Crippen molar-refractivity contribution in [3.05, 3.63) is 45.9 Å². The maximum atomic E-state index is 12.4. The molecule has 0 aliphatic heterocycles. The lowest BCUT2D eigenvalue weighted by molar-refractivity contribution is -0.138. The second kappa shape index (κ2) is 5.58. The van der Waals surface area contributed by atoms with E-state index in [2.05, 4.69) is 15.5 Å². The molecular weight excluding hydrogens is 291 g/mol. The van der Waals surface area contributed by atoms with Gasteiger partial charge in [0.25, 0.3) is 5.91 Å². The van der Waals surface area contributed by atoms with Gasteiger partial charge < -0.3 is 5.32 Å². The summed E-state index contributed by atoms with van der Waals surface area (Å²) in [7, 11) is 0. The molecule has 8 heteroatoms. The second-order valence-corrected chi connectivity index (χ2v) is 5.01. The molecule has 1 amide bonds. The summed E-state index contributed by atoms with van der Waals surface area (Å²) in [6, 6.07) is 7.75. The maximum absolute atomic E-state index is 12.4. The van der Waals surface area contributed by atoms with E-state index >= 15 is 0 Å². The molecule has 106 valence electrons. The first-order chi connectivity index (χ1) is 9.38. The van der Waals surface area contributed by atoms with E-state index in [4.69, 9.17) is 0 Å². The number of amides is 1. The Morgan fingerprint density at radius 2 is 1.90 bits per heavy atom. The van der Waals surface area contributed by atoms with Gasteiger partial charge in [-0.2, -0.15) is 13.2 Å². The molecule has 2 aromatic rings. The van der Waals surface area contributed by atoms with Gasteiger partial charge in [-0.15, -0.1) is 10.2 Å². The highest BCUT2D eigenvalue weighted by Gasteiger charge is 2.36. The van der Waals surface area contributed by atoms with Crippen LogP contribution in [0.1, 0.15) is 33.3 Å². The average Bonchev–Trinajstić information content (AvgIpc) is 2.89. The molecule has 1 N–H and O–H groups in total. The lowest BCUT2D eigenvalue weighted by Crippen LogP contribution is -2.26. The monoisotopic (exact) mass is 301 g/mol. The van der Waals surface area contributed by atoms with Gasteiger partial charge in [0.05, 0.1) is 6.04 Å². The molecule has 4 nitrogen and oxygen atoms in total. The number of carbonyl (C=O) groups is 1. The van der Waals surface area contributed by atoms with Gasteiger partial charge in [-0.25, -0.2) is 0 Å². The first-order valence-corrected chi connectivity index (χ1v) is 6.46. The van der Waals surface area contributed by atoms with Crippen LogP contribution in [0, 0.1) is 0 Å². The summed E-state index contributed by atoms with van der Waals surface area (Å²) in [5.41, 5.74) is 0.430. The molecule has 0 aliphatic rings. The van der Waals surface area contributed by atoms with Crippen molar-refractivity contribution in [1.29, 1.82) is 0 Å². The van der Waals surface area contributed by atoms with Gasteiger partial charge >= 0.3 is 6.18 Å². The molecule has 2 rings (SSSR count). The standard InChI is InChI=1S/C12H10F3N3OS/c1-7(10-17-18-11(20-10)12(13,14)15)16-9(19)8-5-3-2-4-6-8/h2-7H,1H3,(H,16,19). The van der Waals surface area contributed by atoms with Crippen LogP contribution in [-0.2, 0) is 6.18 Å². The quantitative estimate of drug-likeness (QED) is 0.948. The number of rotatable bonds is 3. The van der Waals surface area contributed by atoms with Gasteiger partial charge in [0.2, 0.25) is 5.01 Å². The number of hydrogen-bond donors (Lipinski definition) is 1. The van der Waals surface area contributed by atoms with Crippen molar-refractivity contribution in [3.63, 3.8) is 0 Å². The molecule has 1 heterocycles. The van der Waals surface area contributed by atoms with Crippen molar-refractivity contribution in [2.45, 2.75) is 19.1 Å². The molecule has 1 unspecified atom stereocenters. The van der Waals surface area contributed by atoms with Crippen molar-refractivity contribution in [2.24, 2.45) is 0 Å². The molecule has 0 fully saturated rings. The van der Waals surface area contributed by atoms with Gasteiger partial charge in [-0.05, 0) is 19.1 Å². The average molecular weight is 301 g/mol. The summed E-state index contributed by atoms with van der Waals surface area (Å²) < 4.78 is 37.2. The Kier molecular flexibility index (Phi) is 4.03. The lowest BCUT2D eigenvalue weighted by Gasteiger charge is -2.10. The number of halogens is 3. The number of nitrogens with one attached hydrogen (secondary N) is 1. The Morgan fingerprint density at radius 1 is 1.25 bits per heavy atom. The number of nitrogens with zero attached hydrogens (tertiary/aromatic N) is 2. The highest BCUT2D eigenvalue weighted by Crippen LogP contribution is 2.32. The minimum atomic E-state index is -4.51. The molecule has 1 aromatic carbocycles. The lowest BCUT2D eigenvalue weighted by atomic mass is 10.2. The summed E-state index contributed by atoms with van der Waals surface area (Å²) in [5, 5.41) is 8.22. The van der Waals surface area contributed by atoms with Crippen LogP contribution in [0.4, 0.5) is 13.2 Å². The molecular formula is C12H10F3N3OS. The fraction of sp³-hybridized carbons (Fsp3) is 0.250. The zero-order valence-corrected chi connectivity index (χ0v) is 11.1. The summed E-state index contributed by atoms with van der Waals surface area (Å²) in [4.78, 5) is 11.9. The van der Waals surface area contributed by atoms with Crippen LogP contribution in [0.2, 0.25) is 0 Å². The first kappa shape index (κ1) is 14.4. The van der Waals surface area contributed by atoms with Crippen LogP contribution in [0.5, 0.6) is 0 Å². The Hall–Kier alpha value is -1.96. The number of hydrogen-bond acceptors (Lipinski definition) is 4. The van der Waals surface area contributed by atoms with Crippen molar-refractivity contribution >= 4 is 17.2 Å². The van der Waals surface area contributed by atoms with Crippen LogP contribution in [0.25, 0.3) is 0 Å². The first-order valence-electron chi connectivity index (χ1n) is 5.64. The van der Waals surface area contributed by atoms with Gasteiger partial charge in [-0.1, -0.05) is 29.5 Å². The SMILES string of the molecule is CC(NC(=O)c1ccccc1)c1nnc(C(F)(F)F)s1. The fourth-order valence-corrected chi connectivity index (χ4v) is 2.17. The Bertz CT molecular complexity index is 597. The maximum Gasteiger partial charge on any atom is 0.445 e. The zero-order valence-electron chi connectivity index (χ0n) is 10.3. The predicted molar refractivity (Wildman–Crippen MR) is 67.2 cm³/mol. The number of alkyl halides is 3. The van der Waals surface area contributed by atoms with E-state index in [-0.39, 0.29) is 10.9 Å². The summed E-state index contributed by atoms with van der Waals surface area (Å²) in [6.07, 6.45) is -4.51. The minimum Gasteiger partial charge on any atom is -0.343 e. The third-order valence-corrected chi connectivity index (χ3v) is 3.59. The molecule has 0 spiro atoms. The Morgan fingerprint density at radius 3 is 2.45 bits per heavy atom. The van der Waals surface area contributed by atoms with E-state index in [0.29, 0.717) is 16.9 Å². The third-order valence-electron chi connectivity index (χ3n) is 2.44. The van der Waals surface area contributed by atoms with Crippen LogP contribution < -0.4 is 5.32 Å². The van der Waals surface area contributed by atoms with E-state index < -0.39 is 17.2 Å². The van der Waals surface area contributed by atoms with Crippen LogP contribution in [0.15, 0.2) is 30.3 Å².